The summed E-state index contributed by atoms with van der Waals surface area (Å²) in [5.41, 5.74) is 1.49. The summed E-state index contributed by atoms with van der Waals surface area (Å²) in [5, 5.41) is 3.82. The van der Waals surface area contributed by atoms with Crippen molar-refractivity contribution in [3.05, 3.63) is 52.0 Å². The van der Waals surface area contributed by atoms with Crippen molar-refractivity contribution >= 4 is 34.9 Å². The van der Waals surface area contributed by atoms with Gasteiger partial charge in [0.15, 0.2) is 11.5 Å². The third-order valence-corrected chi connectivity index (χ3v) is 5.82. The molecule has 1 N–H and O–H groups in total. The van der Waals surface area contributed by atoms with E-state index < -0.39 is 0 Å². The first-order valence-electron chi connectivity index (χ1n) is 10.3. The second-order valence-corrected chi connectivity index (χ2v) is 8.31. The van der Waals surface area contributed by atoms with Gasteiger partial charge >= 0.3 is 6.03 Å². The van der Waals surface area contributed by atoms with Gasteiger partial charge in [0.25, 0.3) is 0 Å². The van der Waals surface area contributed by atoms with Crippen LogP contribution >= 0.6 is 23.2 Å². The molecule has 2 aromatic rings. The zero-order valence-electron chi connectivity index (χ0n) is 17.1. The van der Waals surface area contributed by atoms with Crippen molar-refractivity contribution in [3.63, 3.8) is 0 Å². The Labute approximate surface area is 191 Å². The lowest BCUT2D eigenvalue weighted by atomic mass is 10.2. The Balaban J connectivity index is 1.43. The molecular formula is C22H25Cl2N3O4. The second kappa shape index (κ2) is 10.4. The van der Waals surface area contributed by atoms with Crippen molar-refractivity contribution in [2.24, 2.45) is 0 Å². The fourth-order valence-electron chi connectivity index (χ4n) is 3.61. The minimum Gasteiger partial charge on any atom is -0.454 e. The maximum Gasteiger partial charge on any atom is 0.322 e. The summed E-state index contributed by atoms with van der Waals surface area (Å²) in [7, 11) is 0. The van der Waals surface area contributed by atoms with Crippen LogP contribution in [-0.4, -0.2) is 62.0 Å². The predicted molar refractivity (Wildman–Crippen MR) is 120 cm³/mol. The molecule has 7 nitrogen and oxygen atoms in total. The highest BCUT2D eigenvalue weighted by Crippen LogP contribution is 2.33. The summed E-state index contributed by atoms with van der Waals surface area (Å²) >= 11 is 12.2. The predicted octanol–water partition coefficient (Wildman–Crippen LogP) is 4.48. The first-order chi connectivity index (χ1) is 15.1. The summed E-state index contributed by atoms with van der Waals surface area (Å²) < 4.78 is 16.3. The number of fused-ring (bicyclic) bond motifs is 1. The molecule has 2 aliphatic heterocycles. The van der Waals surface area contributed by atoms with Gasteiger partial charge in [0.05, 0.1) is 23.9 Å². The van der Waals surface area contributed by atoms with Gasteiger partial charge in [-0.1, -0.05) is 29.3 Å². The number of hydrogen-bond donors (Lipinski definition) is 1. The molecular weight excluding hydrogens is 441 g/mol. The summed E-state index contributed by atoms with van der Waals surface area (Å²) in [6.07, 6.45) is 0.853. The van der Waals surface area contributed by atoms with E-state index in [1.54, 1.807) is 23.1 Å². The molecule has 0 radical (unpaired) electrons. The maximum absolute atomic E-state index is 13.1. The number of nitrogens with zero attached hydrogens (tertiary/aromatic N) is 2. The van der Waals surface area contributed by atoms with E-state index in [9.17, 15) is 4.79 Å². The van der Waals surface area contributed by atoms with Crippen LogP contribution in [0.15, 0.2) is 36.4 Å². The molecule has 0 atom stereocenters. The third kappa shape index (κ3) is 5.95. The van der Waals surface area contributed by atoms with Crippen molar-refractivity contribution in [1.29, 1.82) is 0 Å². The number of carbonyl (C=O) groups excluding carboxylic acids is 1. The fraction of sp³-hybridized carbons (Fsp3) is 0.409. The molecule has 0 unspecified atom stereocenters. The molecule has 0 aliphatic carbocycles. The standard InChI is InChI=1S/C22H25Cl2N3O4/c23-17-3-4-19(18(24)13-17)25-22(28)27(7-1-6-26-8-10-29-11-9-26)14-16-2-5-20-21(12-16)31-15-30-20/h2-5,12-13H,1,6-11,14-15H2,(H,25,28). The molecule has 4 rings (SSSR count). The molecule has 2 amide bonds. The van der Waals surface area contributed by atoms with Gasteiger partial charge < -0.3 is 24.4 Å². The number of amides is 2. The van der Waals surface area contributed by atoms with Gasteiger partial charge in [0.2, 0.25) is 6.79 Å². The first-order valence-corrected chi connectivity index (χ1v) is 11.0. The summed E-state index contributed by atoms with van der Waals surface area (Å²) in [5.74, 6) is 1.42. The number of anilines is 1. The molecule has 2 heterocycles. The number of hydrogen-bond acceptors (Lipinski definition) is 5. The normalized spacial score (nSPS) is 15.7. The quantitative estimate of drug-likeness (QED) is 0.652. The number of benzene rings is 2. The molecule has 9 heteroatoms. The molecule has 0 bridgehead atoms. The zero-order chi connectivity index (χ0) is 21.6. The summed E-state index contributed by atoms with van der Waals surface area (Å²) in [4.78, 5) is 17.2. The highest BCUT2D eigenvalue weighted by atomic mass is 35.5. The number of rotatable bonds is 7. The zero-order valence-corrected chi connectivity index (χ0v) is 18.6. The van der Waals surface area contributed by atoms with Crippen LogP contribution in [0.5, 0.6) is 11.5 Å². The van der Waals surface area contributed by atoms with E-state index in [-0.39, 0.29) is 12.8 Å². The monoisotopic (exact) mass is 465 g/mol. The molecule has 166 valence electrons. The van der Waals surface area contributed by atoms with Crippen molar-refractivity contribution in [2.75, 3.05) is 51.5 Å². The Bertz CT molecular complexity index is 922. The van der Waals surface area contributed by atoms with Gasteiger partial charge in [0.1, 0.15) is 0 Å². The van der Waals surface area contributed by atoms with Crippen molar-refractivity contribution in [1.82, 2.24) is 9.80 Å². The minimum atomic E-state index is -0.219. The van der Waals surface area contributed by atoms with E-state index >= 15 is 0 Å². The van der Waals surface area contributed by atoms with Gasteiger partial charge in [-0.3, -0.25) is 4.90 Å². The number of morpholine rings is 1. The average molecular weight is 466 g/mol. The molecule has 1 saturated heterocycles. The number of urea groups is 1. The Morgan fingerprint density at radius 2 is 1.87 bits per heavy atom. The van der Waals surface area contributed by atoms with Crippen LogP contribution in [-0.2, 0) is 11.3 Å². The highest BCUT2D eigenvalue weighted by molar-refractivity contribution is 6.36. The van der Waals surface area contributed by atoms with Crippen molar-refractivity contribution in [3.8, 4) is 11.5 Å². The van der Waals surface area contributed by atoms with Gasteiger partial charge in [-0.05, 0) is 42.3 Å². The lowest BCUT2D eigenvalue weighted by Gasteiger charge is -2.28. The lowest BCUT2D eigenvalue weighted by Crippen LogP contribution is -2.40. The number of ether oxygens (including phenoxy) is 3. The van der Waals surface area contributed by atoms with Gasteiger partial charge in [0, 0.05) is 37.7 Å². The molecule has 31 heavy (non-hydrogen) atoms. The Morgan fingerprint density at radius 1 is 1.06 bits per heavy atom. The summed E-state index contributed by atoms with van der Waals surface area (Å²) in [6.45, 7) is 5.55. The average Bonchev–Trinajstić information content (AvgIpc) is 3.23. The topological polar surface area (TPSA) is 63.3 Å². The summed E-state index contributed by atoms with van der Waals surface area (Å²) in [6, 6.07) is 10.5. The third-order valence-electron chi connectivity index (χ3n) is 5.28. The Kier molecular flexibility index (Phi) is 7.40. The van der Waals surface area contributed by atoms with Crippen molar-refractivity contribution in [2.45, 2.75) is 13.0 Å². The SMILES string of the molecule is O=C(Nc1ccc(Cl)cc1Cl)N(CCCN1CCOCC1)Cc1ccc2c(c1)OCO2. The van der Waals surface area contributed by atoms with Crippen LogP contribution in [0.2, 0.25) is 10.0 Å². The molecule has 0 spiro atoms. The molecule has 0 aromatic heterocycles. The van der Waals surface area contributed by atoms with E-state index in [1.807, 2.05) is 18.2 Å². The van der Waals surface area contributed by atoms with Crippen LogP contribution in [0.1, 0.15) is 12.0 Å². The minimum absolute atomic E-state index is 0.219. The smallest absolute Gasteiger partial charge is 0.322 e. The largest absolute Gasteiger partial charge is 0.454 e. The Hall–Kier alpha value is -2.19. The fourth-order valence-corrected chi connectivity index (χ4v) is 4.06. The van der Waals surface area contributed by atoms with Crippen LogP contribution in [0, 0.1) is 0 Å². The van der Waals surface area contributed by atoms with Crippen molar-refractivity contribution < 1.29 is 19.0 Å². The number of carbonyl (C=O) groups is 1. The van der Waals surface area contributed by atoms with E-state index in [0.717, 1.165) is 50.6 Å². The molecule has 2 aromatic carbocycles. The first kappa shape index (κ1) is 22.0. The molecule has 2 aliphatic rings. The van der Waals surface area contributed by atoms with Crippen LogP contribution < -0.4 is 14.8 Å². The van der Waals surface area contributed by atoms with E-state index in [1.165, 1.54) is 0 Å². The maximum atomic E-state index is 13.1. The number of nitrogens with one attached hydrogen (secondary N) is 1. The van der Waals surface area contributed by atoms with Gasteiger partial charge in [-0.15, -0.1) is 0 Å². The van der Waals surface area contributed by atoms with Gasteiger partial charge in [-0.25, -0.2) is 4.79 Å². The van der Waals surface area contributed by atoms with Crippen LogP contribution in [0.4, 0.5) is 10.5 Å². The lowest BCUT2D eigenvalue weighted by molar-refractivity contribution is 0.0365. The Morgan fingerprint density at radius 3 is 2.68 bits per heavy atom. The van der Waals surface area contributed by atoms with E-state index in [0.29, 0.717) is 34.6 Å². The van der Waals surface area contributed by atoms with Crippen LogP contribution in [0.25, 0.3) is 0 Å². The highest BCUT2D eigenvalue weighted by Gasteiger charge is 2.19. The second-order valence-electron chi connectivity index (χ2n) is 7.47. The molecule has 1 fully saturated rings. The van der Waals surface area contributed by atoms with Gasteiger partial charge in [-0.2, -0.15) is 0 Å². The van der Waals surface area contributed by atoms with Crippen LogP contribution in [0.3, 0.4) is 0 Å². The van der Waals surface area contributed by atoms with E-state index in [2.05, 4.69) is 10.2 Å². The number of halogens is 2. The van der Waals surface area contributed by atoms with E-state index in [4.69, 9.17) is 37.4 Å². The molecule has 0 saturated carbocycles.